The first kappa shape index (κ1) is 23.2. The van der Waals surface area contributed by atoms with Gasteiger partial charge >= 0.3 is 6.09 Å². The number of fused-ring (bicyclic) bond motifs is 3. The third kappa shape index (κ3) is 4.82. The number of piperazine rings is 1. The van der Waals surface area contributed by atoms with Gasteiger partial charge in [-0.05, 0) is 30.2 Å². The van der Waals surface area contributed by atoms with Gasteiger partial charge in [0.15, 0.2) is 5.16 Å². The van der Waals surface area contributed by atoms with Crippen LogP contribution in [0, 0.1) is 11.3 Å². The van der Waals surface area contributed by atoms with E-state index in [2.05, 4.69) is 35.2 Å². The van der Waals surface area contributed by atoms with Crippen LogP contribution >= 0.6 is 11.8 Å². The van der Waals surface area contributed by atoms with Gasteiger partial charge in [0, 0.05) is 30.8 Å². The second-order valence-corrected chi connectivity index (χ2v) is 9.49. The predicted molar refractivity (Wildman–Crippen MR) is 136 cm³/mol. The molecule has 3 aromatic rings. The van der Waals surface area contributed by atoms with Gasteiger partial charge < -0.3 is 14.5 Å². The van der Waals surface area contributed by atoms with Crippen LogP contribution in [0.5, 0.6) is 0 Å². The summed E-state index contributed by atoms with van der Waals surface area (Å²) in [5.74, 6) is 0.925. The molecule has 2 aliphatic rings. The summed E-state index contributed by atoms with van der Waals surface area (Å²) < 4.78 is 5.58. The zero-order valence-electron chi connectivity index (χ0n) is 19.7. The molecule has 0 saturated carbocycles. The summed E-state index contributed by atoms with van der Waals surface area (Å²) in [7, 11) is 0. The second kappa shape index (κ2) is 10.4. The fraction of sp³-hybridized carbons (Fsp3) is 0.333. The van der Waals surface area contributed by atoms with Crippen molar-refractivity contribution in [1.29, 1.82) is 5.26 Å². The van der Waals surface area contributed by atoms with Crippen LogP contribution in [0.2, 0.25) is 0 Å². The SMILES string of the molecule is CSc1nc2c(c(N3CCN(C(=O)OCc4ccccc4)[C@@H](CC#N)C3)n1)CCc1ccccc1-2. The van der Waals surface area contributed by atoms with Gasteiger partial charge in [-0.2, -0.15) is 5.26 Å². The van der Waals surface area contributed by atoms with E-state index in [1.165, 1.54) is 22.9 Å². The van der Waals surface area contributed by atoms with Gasteiger partial charge in [0.05, 0.1) is 24.2 Å². The Hall–Kier alpha value is -3.57. The topological polar surface area (TPSA) is 82.4 Å². The number of carbonyl (C=O) groups is 1. The third-order valence-electron chi connectivity index (χ3n) is 6.61. The summed E-state index contributed by atoms with van der Waals surface area (Å²) in [6.07, 6.45) is 3.67. The Bertz CT molecular complexity index is 1260. The molecule has 0 N–H and O–H groups in total. The molecule has 0 bridgehead atoms. The first-order valence-corrected chi connectivity index (χ1v) is 13.0. The van der Waals surface area contributed by atoms with E-state index in [0.29, 0.717) is 19.6 Å². The van der Waals surface area contributed by atoms with Gasteiger partial charge in [-0.3, -0.25) is 0 Å². The quantitative estimate of drug-likeness (QED) is 0.382. The Balaban J connectivity index is 1.38. The maximum absolute atomic E-state index is 12.9. The van der Waals surface area contributed by atoms with E-state index in [0.717, 1.165) is 40.6 Å². The van der Waals surface area contributed by atoms with Gasteiger partial charge in [-0.1, -0.05) is 66.4 Å². The van der Waals surface area contributed by atoms with E-state index in [4.69, 9.17) is 14.7 Å². The van der Waals surface area contributed by atoms with Crippen molar-refractivity contribution in [2.75, 3.05) is 30.8 Å². The van der Waals surface area contributed by atoms with Crippen molar-refractivity contribution < 1.29 is 9.53 Å². The molecule has 35 heavy (non-hydrogen) atoms. The maximum atomic E-state index is 12.9. The summed E-state index contributed by atoms with van der Waals surface area (Å²) in [5.41, 5.74) is 5.57. The number of ether oxygens (including phenoxy) is 1. The van der Waals surface area contributed by atoms with E-state index < -0.39 is 0 Å². The van der Waals surface area contributed by atoms with Crippen LogP contribution in [0.1, 0.15) is 23.1 Å². The minimum Gasteiger partial charge on any atom is -0.445 e. The smallest absolute Gasteiger partial charge is 0.410 e. The Morgan fingerprint density at radius 2 is 1.91 bits per heavy atom. The number of carbonyl (C=O) groups excluding carboxylic acids is 1. The lowest BCUT2D eigenvalue weighted by Crippen LogP contribution is -2.55. The highest BCUT2D eigenvalue weighted by Gasteiger charge is 2.34. The number of aromatic nitrogens is 2. The van der Waals surface area contributed by atoms with Crippen LogP contribution in [0.25, 0.3) is 11.3 Å². The van der Waals surface area contributed by atoms with Crippen LogP contribution in [0.4, 0.5) is 10.6 Å². The highest BCUT2D eigenvalue weighted by molar-refractivity contribution is 7.98. The summed E-state index contributed by atoms with van der Waals surface area (Å²) in [6.45, 7) is 1.85. The number of hydrogen-bond acceptors (Lipinski definition) is 7. The third-order valence-corrected chi connectivity index (χ3v) is 7.16. The average molecular weight is 486 g/mol. The molecule has 1 aliphatic heterocycles. The molecule has 7 nitrogen and oxygen atoms in total. The van der Waals surface area contributed by atoms with Crippen LogP contribution < -0.4 is 4.90 Å². The zero-order chi connectivity index (χ0) is 24.2. The van der Waals surface area contributed by atoms with Crippen molar-refractivity contribution >= 4 is 23.7 Å². The monoisotopic (exact) mass is 485 g/mol. The number of thioether (sulfide) groups is 1. The molecule has 1 amide bonds. The molecule has 1 fully saturated rings. The number of benzene rings is 2. The molecule has 5 rings (SSSR count). The van der Waals surface area contributed by atoms with Crippen molar-refractivity contribution in [2.24, 2.45) is 0 Å². The molecule has 0 spiro atoms. The van der Waals surface area contributed by atoms with E-state index >= 15 is 0 Å². The van der Waals surface area contributed by atoms with Crippen molar-refractivity contribution in [3.05, 3.63) is 71.3 Å². The van der Waals surface area contributed by atoms with Crippen LogP contribution in [0.3, 0.4) is 0 Å². The van der Waals surface area contributed by atoms with E-state index in [1.54, 1.807) is 4.90 Å². The van der Waals surface area contributed by atoms with Crippen molar-refractivity contribution in [3.63, 3.8) is 0 Å². The lowest BCUT2D eigenvalue weighted by molar-refractivity contribution is 0.0768. The Morgan fingerprint density at radius 3 is 2.71 bits per heavy atom. The fourth-order valence-electron chi connectivity index (χ4n) is 4.86. The van der Waals surface area contributed by atoms with Gasteiger partial charge in [-0.25, -0.2) is 14.8 Å². The van der Waals surface area contributed by atoms with Crippen LogP contribution in [-0.2, 0) is 24.2 Å². The zero-order valence-corrected chi connectivity index (χ0v) is 20.5. The molecule has 2 heterocycles. The van der Waals surface area contributed by atoms with E-state index in [-0.39, 0.29) is 25.2 Å². The number of anilines is 1. The lowest BCUT2D eigenvalue weighted by atomic mass is 9.89. The molecule has 1 aliphatic carbocycles. The number of amides is 1. The molecule has 178 valence electrons. The van der Waals surface area contributed by atoms with Gasteiger partial charge in [0.25, 0.3) is 0 Å². The number of aryl methyl sites for hydroxylation is 1. The number of nitrogens with zero attached hydrogens (tertiary/aromatic N) is 5. The molecule has 0 radical (unpaired) electrons. The van der Waals surface area contributed by atoms with E-state index in [1.807, 2.05) is 36.6 Å². The van der Waals surface area contributed by atoms with Gasteiger partial charge in [0.1, 0.15) is 12.4 Å². The molecular formula is C27H27N5O2S. The largest absolute Gasteiger partial charge is 0.445 e. The molecule has 0 unspecified atom stereocenters. The number of nitriles is 1. The van der Waals surface area contributed by atoms with E-state index in [9.17, 15) is 10.1 Å². The number of hydrogen-bond donors (Lipinski definition) is 0. The normalized spacial score (nSPS) is 16.7. The minimum atomic E-state index is -0.378. The first-order chi connectivity index (χ1) is 17.2. The molecular weight excluding hydrogens is 458 g/mol. The average Bonchev–Trinajstić information content (AvgIpc) is 2.91. The summed E-state index contributed by atoms with van der Waals surface area (Å²) in [5, 5.41) is 10.2. The van der Waals surface area contributed by atoms with Gasteiger partial charge in [0.2, 0.25) is 0 Å². The Kier molecular flexibility index (Phi) is 6.87. The minimum absolute atomic E-state index is 0.217. The van der Waals surface area contributed by atoms with Crippen molar-refractivity contribution in [3.8, 4) is 17.3 Å². The highest BCUT2D eigenvalue weighted by atomic mass is 32.2. The summed E-state index contributed by atoms with van der Waals surface area (Å²) in [6, 6.07) is 20.0. The summed E-state index contributed by atoms with van der Waals surface area (Å²) in [4.78, 5) is 26.6. The molecule has 1 atom stereocenters. The molecule has 1 saturated heterocycles. The van der Waals surface area contributed by atoms with Crippen molar-refractivity contribution in [1.82, 2.24) is 14.9 Å². The highest BCUT2D eigenvalue weighted by Crippen LogP contribution is 2.38. The maximum Gasteiger partial charge on any atom is 0.410 e. The molecule has 2 aromatic carbocycles. The van der Waals surface area contributed by atoms with Crippen LogP contribution in [-0.4, -0.2) is 52.9 Å². The molecule has 1 aromatic heterocycles. The Labute approximate surface area is 209 Å². The van der Waals surface area contributed by atoms with Crippen molar-refractivity contribution in [2.45, 2.75) is 37.1 Å². The second-order valence-electron chi connectivity index (χ2n) is 8.71. The predicted octanol–water partition coefficient (Wildman–Crippen LogP) is 4.71. The fourth-order valence-corrected chi connectivity index (χ4v) is 5.22. The lowest BCUT2D eigenvalue weighted by Gasteiger charge is -2.41. The number of rotatable bonds is 5. The molecule has 8 heteroatoms. The Morgan fingerprint density at radius 1 is 1.11 bits per heavy atom. The standard InChI is InChI=1S/C27H27N5O2S/c1-35-26-29-24-22-10-6-5-9-20(22)11-12-23(24)25(30-26)31-15-16-32(21(17-31)13-14-28)27(33)34-18-19-7-3-2-4-8-19/h2-10,21H,11-13,15-18H2,1H3/t21-/m0/s1. The van der Waals surface area contributed by atoms with Crippen LogP contribution in [0.15, 0.2) is 59.8 Å². The first-order valence-electron chi connectivity index (χ1n) is 11.8. The van der Waals surface area contributed by atoms with Gasteiger partial charge in [-0.15, -0.1) is 0 Å². The summed E-state index contributed by atoms with van der Waals surface area (Å²) >= 11 is 1.53.